The van der Waals surface area contributed by atoms with Crippen LogP contribution < -0.4 is 5.32 Å². The van der Waals surface area contributed by atoms with Gasteiger partial charge in [0.05, 0.1) is 19.1 Å². The lowest BCUT2D eigenvalue weighted by Gasteiger charge is -2.20. The Morgan fingerprint density at radius 3 is 2.45 bits per heavy atom. The molecule has 2 nitrogen and oxygen atoms in total. The van der Waals surface area contributed by atoms with E-state index < -0.39 is 12.6 Å². The molecule has 0 aromatic heterocycles. The summed E-state index contributed by atoms with van der Waals surface area (Å²) in [5.74, 6) is 0. The standard InChI is InChI=1S/C15H20F3NO/c1-11-2-4-12(5-3-11)14(10-19-13-6-7-13)20-9-8-15(16,17)18/h2-5,13-14,19H,6-10H2,1H3. The molecule has 5 heteroatoms. The molecule has 0 saturated heterocycles. The SMILES string of the molecule is Cc1ccc(C(CNC2CC2)OCCC(F)(F)F)cc1. The smallest absolute Gasteiger partial charge is 0.372 e. The average Bonchev–Trinajstić information content (AvgIpc) is 3.17. The van der Waals surface area contributed by atoms with E-state index in [9.17, 15) is 13.2 Å². The maximum Gasteiger partial charge on any atom is 0.391 e. The molecular weight excluding hydrogens is 267 g/mol. The molecule has 1 aliphatic carbocycles. The van der Waals surface area contributed by atoms with Crippen molar-refractivity contribution in [2.24, 2.45) is 0 Å². The zero-order valence-electron chi connectivity index (χ0n) is 11.5. The van der Waals surface area contributed by atoms with Crippen LogP contribution in [-0.2, 0) is 4.74 Å². The number of hydrogen-bond donors (Lipinski definition) is 1. The molecule has 20 heavy (non-hydrogen) atoms. The first kappa shape index (κ1) is 15.3. The maximum absolute atomic E-state index is 12.2. The Hall–Kier alpha value is -1.07. The molecular formula is C15H20F3NO. The lowest BCUT2D eigenvalue weighted by molar-refractivity contribution is -0.149. The fourth-order valence-corrected chi connectivity index (χ4v) is 1.93. The van der Waals surface area contributed by atoms with Gasteiger partial charge in [-0.25, -0.2) is 0 Å². The monoisotopic (exact) mass is 287 g/mol. The summed E-state index contributed by atoms with van der Waals surface area (Å²) < 4.78 is 42.0. The topological polar surface area (TPSA) is 21.3 Å². The predicted molar refractivity (Wildman–Crippen MR) is 71.6 cm³/mol. The number of nitrogens with one attached hydrogen (secondary N) is 1. The average molecular weight is 287 g/mol. The van der Waals surface area contributed by atoms with Gasteiger partial charge in [-0.2, -0.15) is 13.2 Å². The first-order chi connectivity index (χ1) is 9.44. The molecule has 1 aromatic carbocycles. The minimum Gasteiger partial charge on any atom is -0.372 e. The second kappa shape index (κ2) is 6.59. The summed E-state index contributed by atoms with van der Waals surface area (Å²) in [5.41, 5.74) is 2.05. The van der Waals surface area contributed by atoms with Crippen LogP contribution >= 0.6 is 0 Å². The summed E-state index contributed by atoms with van der Waals surface area (Å²) in [5, 5.41) is 3.31. The molecule has 1 fully saturated rings. The predicted octanol–water partition coefficient (Wildman–Crippen LogP) is 3.76. The molecule has 112 valence electrons. The molecule has 1 unspecified atom stereocenters. The molecule has 1 N–H and O–H groups in total. The van der Waals surface area contributed by atoms with Crippen molar-refractivity contribution in [3.8, 4) is 0 Å². The second-order valence-corrected chi connectivity index (χ2v) is 5.32. The van der Waals surface area contributed by atoms with E-state index in [1.54, 1.807) is 0 Å². The van der Waals surface area contributed by atoms with Gasteiger partial charge in [0.15, 0.2) is 0 Å². The van der Waals surface area contributed by atoms with Crippen LogP contribution in [0.15, 0.2) is 24.3 Å². The van der Waals surface area contributed by atoms with Crippen molar-refractivity contribution < 1.29 is 17.9 Å². The lowest BCUT2D eigenvalue weighted by Crippen LogP contribution is -2.26. The van der Waals surface area contributed by atoms with Gasteiger partial charge in [-0.1, -0.05) is 29.8 Å². The van der Waals surface area contributed by atoms with Crippen molar-refractivity contribution in [1.82, 2.24) is 5.32 Å². The summed E-state index contributed by atoms with van der Waals surface area (Å²) in [6.45, 7) is 2.24. The van der Waals surface area contributed by atoms with Crippen molar-refractivity contribution in [2.45, 2.75) is 44.5 Å². The van der Waals surface area contributed by atoms with E-state index in [4.69, 9.17) is 4.74 Å². The highest BCUT2D eigenvalue weighted by molar-refractivity contribution is 5.23. The summed E-state index contributed by atoms with van der Waals surface area (Å²) >= 11 is 0. The minimum atomic E-state index is -4.16. The molecule has 0 radical (unpaired) electrons. The number of aryl methyl sites for hydroxylation is 1. The first-order valence-electron chi connectivity index (χ1n) is 6.92. The highest BCUT2D eigenvalue weighted by atomic mass is 19.4. The van der Waals surface area contributed by atoms with E-state index in [2.05, 4.69) is 5.32 Å². The number of benzene rings is 1. The Bertz CT molecular complexity index is 412. The number of rotatable bonds is 7. The van der Waals surface area contributed by atoms with Crippen LogP contribution in [0.1, 0.15) is 36.5 Å². The van der Waals surface area contributed by atoms with Crippen LogP contribution in [0, 0.1) is 6.92 Å². The highest BCUT2D eigenvalue weighted by Gasteiger charge is 2.28. The summed E-state index contributed by atoms with van der Waals surface area (Å²) in [4.78, 5) is 0. The van der Waals surface area contributed by atoms with Crippen LogP contribution in [0.3, 0.4) is 0 Å². The van der Waals surface area contributed by atoms with Gasteiger partial charge in [0.1, 0.15) is 0 Å². The third kappa shape index (κ3) is 5.51. The van der Waals surface area contributed by atoms with Gasteiger partial charge in [0.25, 0.3) is 0 Å². The van der Waals surface area contributed by atoms with Gasteiger partial charge in [0.2, 0.25) is 0 Å². The Labute approximate surface area is 117 Å². The number of hydrogen-bond acceptors (Lipinski definition) is 2. The van der Waals surface area contributed by atoms with E-state index in [1.807, 2.05) is 31.2 Å². The minimum absolute atomic E-state index is 0.297. The van der Waals surface area contributed by atoms with Crippen molar-refractivity contribution in [3.63, 3.8) is 0 Å². The molecule has 2 rings (SSSR count). The highest BCUT2D eigenvalue weighted by Crippen LogP contribution is 2.24. The van der Waals surface area contributed by atoms with Gasteiger partial charge in [-0.15, -0.1) is 0 Å². The molecule has 1 atom stereocenters. The first-order valence-corrected chi connectivity index (χ1v) is 6.92. The van der Waals surface area contributed by atoms with Crippen LogP contribution in [0.4, 0.5) is 13.2 Å². The Balaban J connectivity index is 1.90. The lowest BCUT2D eigenvalue weighted by atomic mass is 10.1. The van der Waals surface area contributed by atoms with Gasteiger partial charge in [-0.05, 0) is 25.3 Å². The molecule has 1 saturated carbocycles. The Morgan fingerprint density at radius 1 is 1.25 bits per heavy atom. The van der Waals surface area contributed by atoms with E-state index in [1.165, 1.54) is 0 Å². The van der Waals surface area contributed by atoms with Gasteiger partial charge in [0, 0.05) is 12.6 Å². The number of halogens is 3. The normalized spacial score (nSPS) is 17.2. The quantitative estimate of drug-likeness (QED) is 0.824. The van der Waals surface area contributed by atoms with Crippen LogP contribution in [-0.4, -0.2) is 25.4 Å². The van der Waals surface area contributed by atoms with E-state index in [0.717, 1.165) is 24.0 Å². The molecule has 1 aliphatic rings. The van der Waals surface area contributed by atoms with E-state index in [-0.39, 0.29) is 12.7 Å². The Kier molecular flexibility index (Phi) is 5.05. The molecule has 0 bridgehead atoms. The van der Waals surface area contributed by atoms with Crippen molar-refractivity contribution >= 4 is 0 Å². The zero-order chi connectivity index (χ0) is 14.6. The fourth-order valence-electron chi connectivity index (χ4n) is 1.93. The molecule has 0 aliphatic heterocycles. The van der Waals surface area contributed by atoms with Crippen molar-refractivity contribution in [1.29, 1.82) is 0 Å². The van der Waals surface area contributed by atoms with Crippen LogP contribution in [0.5, 0.6) is 0 Å². The summed E-state index contributed by atoms with van der Waals surface area (Å²) in [6.07, 6.45) is -3.11. The van der Waals surface area contributed by atoms with Crippen LogP contribution in [0.25, 0.3) is 0 Å². The third-order valence-corrected chi connectivity index (χ3v) is 3.32. The number of ether oxygens (including phenoxy) is 1. The molecule has 0 heterocycles. The third-order valence-electron chi connectivity index (χ3n) is 3.32. The zero-order valence-corrected chi connectivity index (χ0v) is 11.5. The van der Waals surface area contributed by atoms with E-state index in [0.29, 0.717) is 12.6 Å². The van der Waals surface area contributed by atoms with Crippen molar-refractivity contribution in [2.75, 3.05) is 13.2 Å². The molecule has 0 spiro atoms. The van der Waals surface area contributed by atoms with Gasteiger partial charge >= 0.3 is 6.18 Å². The summed E-state index contributed by atoms with van der Waals surface area (Å²) in [6, 6.07) is 8.25. The van der Waals surface area contributed by atoms with Crippen LogP contribution in [0.2, 0.25) is 0 Å². The van der Waals surface area contributed by atoms with Gasteiger partial charge < -0.3 is 10.1 Å². The molecule has 0 amide bonds. The van der Waals surface area contributed by atoms with E-state index >= 15 is 0 Å². The summed E-state index contributed by atoms with van der Waals surface area (Å²) in [7, 11) is 0. The van der Waals surface area contributed by atoms with Gasteiger partial charge in [-0.3, -0.25) is 0 Å². The maximum atomic E-state index is 12.2. The number of alkyl halides is 3. The Morgan fingerprint density at radius 2 is 1.90 bits per heavy atom. The van der Waals surface area contributed by atoms with Crippen molar-refractivity contribution in [3.05, 3.63) is 35.4 Å². The fraction of sp³-hybridized carbons (Fsp3) is 0.600. The molecule has 1 aromatic rings. The largest absolute Gasteiger partial charge is 0.391 e. The second-order valence-electron chi connectivity index (χ2n) is 5.32.